The lowest BCUT2D eigenvalue weighted by Crippen LogP contribution is -2.64. The minimum atomic E-state index is -3.97. The van der Waals surface area contributed by atoms with Gasteiger partial charge in [0.1, 0.15) is 0 Å². The summed E-state index contributed by atoms with van der Waals surface area (Å²) in [5.74, 6) is -1.14. The van der Waals surface area contributed by atoms with Crippen molar-refractivity contribution in [2.75, 3.05) is 0 Å². The first-order valence-electron chi connectivity index (χ1n) is 6.03. The Morgan fingerprint density at radius 1 is 1.09 bits per heavy atom. The molecule has 1 aliphatic rings. The summed E-state index contributed by atoms with van der Waals surface area (Å²) >= 11 is 2.65. The van der Waals surface area contributed by atoms with E-state index in [1.165, 1.54) is 0 Å². The number of imide groups is 2. The molecule has 1 aliphatic heterocycles. The average molecular weight is 346 g/mol. The van der Waals surface area contributed by atoms with Crippen molar-refractivity contribution < 1.29 is 27.4 Å². The highest BCUT2D eigenvalue weighted by Crippen LogP contribution is 2.30. The predicted octanol–water partition coefficient (Wildman–Crippen LogP) is 0.419. The van der Waals surface area contributed by atoms with E-state index in [0.29, 0.717) is 12.0 Å². The molecule has 3 N–H and O–H groups in total. The fourth-order valence-electron chi connectivity index (χ4n) is 2.06. The number of carbonyl (C=O) groups excluding carboxylic acids is 3. The van der Waals surface area contributed by atoms with Crippen LogP contribution in [0.1, 0.15) is 18.9 Å². The van der Waals surface area contributed by atoms with Gasteiger partial charge in [0.05, 0.1) is 0 Å². The zero-order valence-corrected chi connectivity index (χ0v) is 13.1. The van der Waals surface area contributed by atoms with Crippen LogP contribution in [0, 0.1) is 0 Å². The molecule has 0 radical (unpaired) electrons. The summed E-state index contributed by atoms with van der Waals surface area (Å²) in [7, 11) is -3.97. The van der Waals surface area contributed by atoms with Gasteiger partial charge in [-0.15, -0.1) is 0 Å². The summed E-state index contributed by atoms with van der Waals surface area (Å²) < 4.78 is 25.5. The van der Waals surface area contributed by atoms with Crippen LogP contribution in [-0.4, -0.2) is 30.8 Å². The fourth-order valence-corrected chi connectivity index (χ4v) is 2.06. The molecule has 0 bridgehead atoms. The van der Waals surface area contributed by atoms with Gasteiger partial charge in [-0.05, 0) is 23.6 Å². The van der Waals surface area contributed by atoms with E-state index < -0.39 is 32.4 Å². The van der Waals surface area contributed by atoms with Crippen molar-refractivity contribution in [1.29, 1.82) is 0 Å². The first kappa shape index (κ1) is 18.1. The maximum absolute atomic E-state index is 12.0. The number of carbonyl (C=O) groups is 3. The van der Waals surface area contributed by atoms with Gasteiger partial charge in [-0.2, -0.15) is 8.42 Å². The molecule has 1 saturated heterocycles. The van der Waals surface area contributed by atoms with E-state index in [1.807, 2.05) is 0 Å². The van der Waals surface area contributed by atoms with Crippen LogP contribution in [-0.2, 0) is 24.2 Å². The number of nitrogens with one attached hydrogen (secondary N) is 2. The number of thiol groups is 1. The van der Waals surface area contributed by atoms with E-state index in [9.17, 15) is 14.4 Å². The van der Waals surface area contributed by atoms with Gasteiger partial charge in [-0.3, -0.25) is 24.8 Å². The topological polar surface area (TPSA) is 130 Å². The van der Waals surface area contributed by atoms with Crippen molar-refractivity contribution in [2.45, 2.75) is 18.8 Å². The lowest BCUT2D eigenvalue weighted by Gasteiger charge is -2.33. The maximum Gasteiger partial charge on any atom is 0.328 e. The quantitative estimate of drug-likeness (QED) is 0.266. The third kappa shape index (κ3) is 4.29. The molecule has 2 rings (SSSR count). The summed E-state index contributed by atoms with van der Waals surface area (Å²) in [6.45, 7) is 1.74. The Bertz CT molecular complexity index is 659. The van der Waals surface area contributed by atoms with Gasteiger partial charge in [0, 0.05) is 0 Å². The van der Waals surface area contributed by atoms with Crippen LogP contribution in [0.3, 0.4) is 0 Å². The van der Waals surface area contributed by atoms with Crippen molar-refractivity contribution in [2.24, 2.45) is 0 Å². The van der Waals surface area contributed by atoms with E-state index >= 15 is 0 Å². The molecule has 8 nitrogen and oxygen atoms in total. The average Bonchev–Trinajstić information content (AvgIpc) is 2.38. The molecule has 4 amide bonds. The molecular formula is C12H14N2O6S2. The highest BCUT2D eigenvalue weighted by Gasteiger charge is 2.50. The van der Waals surface area contributed by atoms with E-state index in [2.05, 4.69) is 22.3 Å². The van der Waals surface area contributed by atoms with Crippen LogP contribution in [0.5, 0.6) is 0 Å². The van der Waals surface area contributed by atoms with Crippen LogP contribution in [0.2, 0.25) is 0 Å². The van der Waals surface area contributed by atoms with Crippen molar-refractivity contribution in [1.82, 2.24) is 10.6 Å². The molecule has 1 aromatic rings. The smallest absolute Gasteiger partial charge is 0.277 e. The molecule has 10 heteroatoms. The largest absolute Gasteiger partial charge is 0.328 e. The molecule has 120 valence electrons. The molecule has 0 aliphatic carbocycles. The number of hydrogen-bond donors (Lipinski definition) is 4. The monoisotopic (exact) mass is 346 g/mol. The molecule has 0 spiro atoms. The van der Waals surface area contributed by atoms with Crippen LogP contribution in [0.25, 0.3) is 0 Å². The standard InChI is InChI=1S/C12H12N2O3.H2O3S2/c1-2-12(8-6-4-3-5-7-8)9(15)13-11(17)14-10(12)16;1-5(2,3)4/h3-7H,2H2,1H3,(H2,13,14,15,16,17);(H2,1,2,3,4). The predicted molar refractivity (Wildman–Crippen MR) is 80.6 cm³/mol. The van der Waals surface area contributed by atoms with E-state index in [-0.39, 0.29) is 0 Å². The normalized spacial score (nSPS) is 17.0. The van der Waals surface area contributed by atoms with Gasteiger partial charge >= 0.3 is 15.2 Å². The lowest BCUT2D eigenvalue weighted by atomic mass is 9.75. The summed E-state index contributed by atoms with van der Waals surface area (Å²) in [5, 5.41) is 4.28. The Hall–Kier alpha value is -1.91. The molecule has 0 unspecified atom stereocenters. The first-order valence-corrected chi connectivity index (χ1v) is 8.52. The summed E-state index contributed by atoms with van der Waals surface area (Å²) in [6, 6.07) is 7.96. The highest BCUT2D eigenvalue weighted by molar-refractivity contribution is 8.61. The number of amides is 4. The number of rotatable bonds is 2. The Kier molecular flexibility index (Phi) is 5.69. The Labute approximate surface area is 131 Å². The van der Waals surface area contributed by atoms with E-state index in [0.717, 1.165) is 0 Å². The van der Waals surface area contributed by atoms with Gasteiger partial charge in [-0.25, -0.2) is 4.79 Å². The minimum absolute atomic E-state index is 0.294. The number of urea groups is 1. The van der Waals surface area contributed by atoms with Crippen molar-refractivity contribution in [3.8, 4) is 0 Å². The van der Waals surface area contributed by atoms with Crippen LogP contribution >= 0.6 is 11.7 Å². The molecule has 0 aromatic heterocycles. The number of benzene rings is 1. The second-order valence-electron chi connectivity index (χ2n) is 4.31. The van der Waals surface area contributed by atoms with Gasteiger partial charge in [0.15, 0.2) is 5.41 Å². The third-order valence-electron chi connectivity index (χ3n) is 3.03. The van der Waals surface area contributed by atoms with E-state index in [1.54, 1.807) is 37.3 Å². The van der Waals surface area contributed by atoms with Crippen molar-refractivity contribution in [3.63, 3.8) is 0 Å². The SMILES string of the molecule is CCC1(c2ccccc2)C(=O)NC(=O)NC1=O.O=S(=O)(O)S. The summed E-state index contributed by atoms with van der Waals surface area (Å²) in [4.78, 5) is 35.0. The Morgan fingerprint density at radius 2 is 1.50 bits per heavy atom. The zero-order valence-electron chi connectivity index (χ0n) is 11.4. The van der Waals surface area contributed by atoms with Gasteiger partial charge in [-0.1, -0.05) is 37.3 Å². The molecular weight excluding hydrogens is 332 g/mol. The zero-order chi connectivity index (χ0) is 17.0. The maximum atomic E-state index is 12.0. The second-order valence-corrected chi connectivity index (χ2v) is 6.59. The third-order valence-corrected chi connectivity index (χ3v) is 3.03. The van der Waals surface area contributed by atoms with Crippen molar-refractivity contribution in [3.05, 3.63) is 35.9 Å². The molecule has 22 heavy (non-hydrogen) atoms. The summed E-state index contributed by atoms with van der Waals surface area (Å²) in [5.41, 5.74) is -0.722. The molecule has 0 saturated carbocycles. The lowest BCUT2D eigenvalue weighted by molar-refractivity contribution is -0.138. The molecule has 1 aromatic carbocycles. The fraction of sp³-hybridized carbons (Fsp3) is 0.250. The van der Waals surface area contributed by atoms with Crippen LogP contribution < -0.4 is 10.6 Å². The summed E-state index contributed by atoms with van der Waals surface area (Å²) in [6.07, 6.45) is 0.294. The van der Waals surface area contributed by atoms with Gasteiger partial charge in [0.25, 0.3) is 0 Å². The highest BCUT2D eigenvalue weighted by atomic mass is 33.1. The second kappa shape index (κ2) is 6.90. The first-order chi connectivity index (χ1) is 10.1. The Balaban J connectivity index is 0.000000422. The molecule has 0 atom stereocenters. The van der Waals surface area contributed by atoms with Crippen molar-refractivity contribution >= 4 is 38.7 Å². The van der Waals surface area contributed by atoms with Crippen LogP contribution in [0.15, 0.2) is 30.3 Å². The molecule has 1 heterocycles. The van der Waals surface area contributed by atoms with Gasteiger partial charge < -0.3 is 0 Å². The van der Waals surface area contributed by atoms with E-state index in [4.69, 9.17) is 13.0 Å². The number of barbiturate groups is 1. The minimum Gasteiger partial charge on any atom is -0.277 e. The van der Waals surface area contributed by atoms with Gasteiger partial charge in [0.2, 0.25) is 11.8 Å². The molecule has 1 fully saturated rings. The van der Waals surface area contributed by atoms with Crippen LogP contribution in [0.4, 0.5) is 4.79 Å². The Morgan fingerprint density at radius 3 is 1.86 bits per heavy atom. The number of hydrogen-bond acceptors (Lipinski definition) is 5.